The van der Waals surface area contributed by atoms with E-state index in [2.05, 4.69) is 57.2 Å². The van der Waals surface area contributed by atoms with Crippen molar-refractivity contribution < 1.29 is 4.74 Å². The molecular weight excluding hydrogens is 258 g/mol. The van der Waals surface area contributed by atoms with Crippen LogP contribution in [0.15, 0.2) is 36.4 Å². The lowest BCUT2D eigenvalue weighted by molar-refractivity contribution is 0.301. The Labute approximate surface area is 127 Å². The van der Waals surface area contributed by atoms with Crippen molar-refractivity contribution in [2.24, 2.45) is 5.73 Å². The van der Waals surface area contributed by atoms with Gasteiger partial charge in [0.1, 0.15) is 12.4 Å². The lowest BCUT2D eigenvalue weighted by Crippen LogP contribution is -2.18. The monoisotopic (exact) mass is 283 g/mol. The summed E-state index contributed by atoms with van der Waals surface area (Å²) in [5.41, 5.74) is 12.1. The van der Waals surface area contributed by atoms with E-state index in [1.165, 1.54) is 27.8 Å². The molecule has 0 saturated heterocycles. The zero-order valence-electron chi connectivity index (χ0n) is 13.4. The van der Waals surface area contributed by atoms with Gasteiger partial charge in [0.05, 0.1) is 0 Å². The van der Waals surface area contributed by atoms with Crippen LogP contribution in [0.5, 0.6) is 5.75 Å². The van der Waals surface area contributed by atoms with Crippen LogP contribution in [-0.2, 0) is 13.0 Å². The molecule has 2 aromatic rings. The first-order chi connectivity index (χ1) is 9.95. The number of ether oxygens (including phenoxy) is 1. The van der Waals surface area contributed by atoms with Crippen molar-refractivity contribution in [1.29, 1.82) is 0 Å². The Hall–Kier alpha value is -1.80. The minimum Gasteiger partial charge on any atom is -0.489 e. The first kappa shape index (κ1) is 15.6. The third-order valence-corrected chi connectivity index (χ3v) is 3.65. The highest BCUT2D eigenvalue weighted by Gasteiger charge is 2.08. The number of aryl methyl sites for hydroxylation is 3. The summed E-state index contributed by atoms with van der Waals surface area (Å²) in [6.45, 7) is 8.95. The molecule has 1 unspecified atom stereocenters. The molecule has 2 rings (SSSR count). The molecule has 0 amide bonds. The second kappa shape index (κ2) is 6.77. The number of rotatable bonds is 5. The summed E-state index contributed by atoms with van der Waals surface area (Å²) in [5, 5.41) is 0. The Morgan fingerprint density at radius 2 is 1.57 bits per heavy atom. The zero-order valence-corrected chi connectivity index (χ0v) is 13.4. The predicted octanol–water partition coefficient (Wildman–Crippen LogP) is 4.08. The molecular formula is C19H25NO. The van der Waals surface area contributed by atoms with Gasteiger partial charge in [0.15, 0.2) is 0 Å². The third kappa shape index (κ3) is 4.33. The van der Waals surface area contributed by atoms with Crippen LogP contribution in [0.3, 0.4) is 0 Å². The predicted molar refractivity (Wildman–Crippen MR) is 88.8 cm³/mol. The average Bonchev–Trinajstić information content (AvgIpc) is 2.41. The first-order valence-corrected chi connectivity index (χ1v) is 7.49. The molecule has 2 N–H and O–H groups in total. The van der Waals surface area contributed by atoms with Crippen molar-refractivity contribution in [2.45, 2.75) is 46.8 Å². The largest absolute Gasteiger partial charge is 0.489 e. The molecule has 21 heavy (non-hydrogen) atoms. The maximum absolute atomic E-state index is 6.06. The number of hydrogen-bond acceptors (Lipinski definition) is 2. The van der Waals surface area contributed by atoms with Crippen LogP contribution in [0.25, 0.3) is 0 Å². The fourth-order valence-electron chi connectivity index (χ4n) is 2.47. The molecule has 0 aliphatic heterocycles. The number of nitrogens with two attached hydrogens (primary N) is 1. The van der Waals surface area contributed by atoms with Gasteiger partial charge in [-0.05, 0) is 56.9 Å². The Morgan fingerprint density at radius 1 is 0.952 bits per heavy atom. The molecule has 0 fully saturated rings. The van der Waals surface area contributed by atoms with E-state index in [1.54, 1.807) is 0 Å². The van der Waals surface area contributed by atoms with Crippen molar-refractivity contribution in [3.05, 3.63) is 64.2 Å². The first-order valence-electron chi connectivity index (χ1n) is 7.49. The van der Waals surface area contributed by atoms with Crippen molar-refractivity contribution in [1.82, 2.24) is 0 Å². The lowest BCUT2D eigenvalue weighted by Gasteiger charge is -2.15. The standard InChI is InChI=1S/C19H25NO/c1-13-5-7-15(3)18(10-13)12-21-19-8-6-14(2)9-17(19)11-16(4)20/h5-10,16H,11-12,20H2,1-4H3. The lowest BCUT2D eigenvalue weighted by atomic mass is 10.0. The number of hydrogen-bond donors (Lipinski definition) is 1. The topological polar surface area (TPSA) is 35.2 Å². The summed E-state index contributed by atoms with van der Waals surface area (Å²) in [4.78, 5) is 0. The van der Waals surface area contributed by atoms with Gasteiger partial charge in [-0.3, -0.25) is 0 Å². The molecule has 0 bridgehead atoms. The van der Waals surface area contributed by atoms with Crippen LogP contribution in [0.4, 0.5) is 0 Å². The quantitative estimate of drug-likeness (QED) is 0.897. The van der Waals surface area contributed by atoms with E-state index in [-0.39, 0.29) is 6.04 Å². The Balaban J connectivity index is 2.17. The summed E-state index contributed by atoms with van der Waals surface area (Å²) in [5.74, 6) is 0.943. The highest BCUT2D eigenvalue weighted by Crippen LogP contribution is 2.23. The maximum atomic E-state index is 6.06. The van der Waals surface area contributed by atoms with Gasteiger partial charge in [-0.1, -0.05) is 41.5 Å². The highest BCUT2D eigenvalue weighted by molar-refractivity contribution is 5.38. The van der Waals surface area contributed by atoms with Crippen molar-refractivity contribution in [2.75, 3.05) is 0 Å². The maximum Gasteiger partial charge on any atom is 0.123 e. The SMILES string of the molecule is Cc1ccc(C)c(COc2ccc(C)cc2CC(C)N)c1. The molecule has 0 aromatic heterocycles. The van der Waals surface area contributed by atoms with Crippen LogP contribution in [0.1, 0.15) is 34.7 Å². The molecule has 2 nitrogen and oxygen atoms in total. The Kier molecular flexibility index (Phi) is 5.03. The van der Waals surface area contributed by atoms with Crippen LogP contribution >= 0.6 is 0 Å². The summed E-state index contributed by atoms with van der Waals surface area (Å²) >= 11 is 0. The van der Waals surface area contributed by atoms with Gasteiger partial charge in [-0.15, -0.1) is 0 Å². The van der Waals surface area contributed by atoms with Crippen LogP contribution in [0, 0.1) is 20.8 Å². The summed E-state index contributed by atoms with van der Waals surface area (Å²) < 4.78 is 6.06. The fourth-order valence-corrected chi connectivity index (χ4v) is 2.47. The van der Waals surface area contributed by atoms with Gasteiger partial charge in [-0.25, -0.2) is 0 Å². The summed E-state index contributed by atoms with van der Waals surface area (Å²) in [7, 11) is 0. The molecule has 0 aliphatic carbocycles. The molecule has 0 heterocycles. The van der Waals surface area contributed by atoms with Gasteiger partial charge in [0, 0.05) is 6.04 Å². The van der Waals surface area contributed by atoms with E-state index in [1.807, 2.05) is 6.92 Å². The van der Waals surface area contributed by atoms with Gasteiger partial charge in [-0.2, -0.15) is 0 Å². The molecule has 2 heteroatoms. The molecule has 0 spiro atoms. The van der Waals surface area contributed by atoms with Crippen molar-refractivity contribution >= 4 is 0 Å². The molecule has 0 aliphatic rings. The van der Waals surface area contributed by atoms with Gasteiger partial charge < -0.3 is 10.5 Å². The molecule has 1 atom stereocenters. The van der Waals surface area contributed by atoms with Crippen molar-refractivity contribution in [3.63, 3.8) is 0 Å². The minimum atomic E-state index is 0.134. The third-order valence-electron chi connectivity index (χ3n) is 3.65. The van der Waals surface area contributed by atoms with Crippen molar-refractivity contribution in [3.8, 4) is 5.75 Å². The molecule has 0 radical (unpaired) electrons. The Morgan fingerprint density at radius 3 is 2.24 bits per heavy atom. The summed E-state index contributed by atoms with van der Waals surface area (Å²) in [6.07, 6.45) is 0.837. The molecule has 112 valence electrons. The van der Waals surface area contributed by atoms with E-state index >= 15 is 0 Å². The van der Waals surface area contributed by atoms with Crippen LogP contribution < -0.4 is 10.5 Å². The zero-order chi connectivity index (χ0) is 15.4. The fraction of sp³-hybridized carbons (Fsp3) is 0.368. The van der Waals surface area contributed by atoms with Crippen LogP contribution in [0.2, 0.25) is 0 Å². The van der Waals surface area contributed by atoms with Gasteiger partial charge >= 0.3 is 0 Å². The second-order valence-corrected chi connectivity index (χ2v) is 6.01. The Bertz CT molecular complexity index is 617. The van der Waals surface area contributed by atoms with E-state index in [0.717, 1.165) is 12.2 Å². The smallest absolute Gasteiger partial charge is 0.123 e. The normalized spacial score (nSPS) is 12.2. The molecule has 0 saturated carbocycles. The average molecular weight is 283 g/mol. The van der Waals surface area contributed by atoms with Gasteiger partial charge in [0.25, 0.3) is 0 Å². The minimum absolute atomic E-state index is 0.134. The van der Waals surface area contributed by atoms with E-state index in [4.69, 9.17) is 10.5 Å². The van der Waals surface area contributed by atoms with E-state index < -0.39 is 0 Å². The second-order valence-electron chi connectivity index (χ2n) is 6.01. The summed E-state index contributed by atoms with van der Waals surface area (Å²) in [6, 6.07) is 12.9. The van der Waals surface area contributed by atoms with E-state index in [9.17, 15) is 0 Å². The van der Waals surface area contributed by atoms with E-state index in [0.29, 0.717) is 6.61 Å². The van der Waals surface area contributed by atoms with Gasteiger partial charge in [0.2, 0.25) is 0 Å². The highest BCUT2D eigenvalue weighted by atomic mass is 16.5. The number of benzene rings is 2. The van der Waals surface area contributed by atoms with Crippen LogP contribution in [-0.4, -0.2) is 6.04 Å². The molecule has 2 aromatic carbocycles.